The van der Waals surface area contributed by atoms with Gasteiger partial charge >= 0.3 is 0 Å². The van der Waals surface area contributed by atoms with Crippen LogP contribution in [0.1, 0.15) is 22.4 Å². The number of aryl methyl sites for hydroxylation is 3. The molecule has 29 heavy (non-hydrogen) atoms. The van der Waals surface area contributed by atoms with Crippen molar-refractivity contribution in [1.82, 2.24) is 4.98 Å². The fourth-order valence-electron chi connectivity index (χ4n) is 5.02. The van der Waals surface area contributed by atoms with E-state index >= 15 is 0 Å². The summed E-state index contributed by atoms with van der Waals surface area (Å²) in [6.45, 7) is 0. The van der Waals surface area contributed by atoms with Crippen LogP contribution in [0.5, 0.6) is 0 Å². The second kappa shape index (κ2) is 6.57. The van der Waals surface area contributed by atoms with Crippen LogP contribution in [0.3, 0.4) is 0 Å². The monoisotopic (exact) mass is 393 g/mol. The topological polar surface area (TPSA) is 12.9 Å². The predicted molar refractivity (Wildman–Crippen MR) is 120 cm³/mol. The number of nitrogens with zero attached hydrogens (tertiary/aromatic N) is 1. The first-order valence-corrected chi connectivity index (χ1v) is 10.7. The van der Waals surface area contributed by atoms with Crippen LogP contribution in [0.2, 0.25) is 5.02 Å². The average Bonchev–Trinajstić information content (AvgIpc) is 2.78. The minimum absolute atomic E-state index is 0.759. The maximum absolute atomic E-state index is 6.17. The fourth-order valence-corrected chi connectivity index (χ4v) is 5.15. The van der Waals surface area contributed by atoms with Gasteiger partial charge in [0.2, 0.25) is 0 Å². The third-order valence-electron chi connectivity index (χ3n) is 6.34. The zero-order valence-electron chi connectivity index (χ0n) is 16.1. The molecule has 2 aliphatic carbocycles. The molecule has 140 valence electrons. The van der Waals surface area contributed by atoms with Crippen molar-refractivity contribution in [2.75, 3.05) is 0 Å². The van der Waals surface area contributed by atoms with Gasteiger partial charge in [-0.3, -0.25) is 4.98 Å². The number of pyridine rings is 1. The summed E-state index contributed by atoms with van der Waals surface area (Å²) >= 11 is 6.17. The van der Waals surface area contributed by atoms with E-state index in [1.165, 1.54) is 44.6 Å². The normalized spacial score (nSPS) is 13.8. The van der Waals surface area contributed by atoms with E-state index in [-0.39, 0.29) is 0 Å². The van der Waals surface area contributed by atoms with Crippen LogP contribution >= 0.6 is 11.6 Å². The summed E-state index contributed by atoms with van der Waals surface area (Å²) in [4.78, 5) is 5.28. The molecule has 0 saturated carbocycles. The molecule has 4 aromatic rings. The van der Waals surface area contributed by atoms with Crippen LogP contribution < -0.4 is 0 Å². The van der Waals surface area contributed by atoms with Gasteiger partial charge in [0, 0.05) is 27.4 Å². The quantitative estimate of drug-likeness (QED) is 0.341. The molecule has 6 rings (SSSR count). The predicted octanol–water partition coefficient (Wildman–Crippen LogP) is 6.93. The number of benzene rings is 3. The Kier molecular flexibility index (Phi) is 3.85. The lowest BCUT2D eigenvalue weighted by Crippen LogP contribution is -2.15. The Bertz CT molecular complexity index is 1250. The first-order chi connectivity index (χ1) is 14.3. The minimum Gasteiger partial charge on any atom is -0.252 e. The summed E-state index contributed by atoms with van der Waals surface area (Å²) in [5.74, 6) is 0. The zero-order chi connectivity index (χ0) is 19.4. The highest BCUT2D eigenvalue weighted by atomic mass is 35.5. The first kappa shape index (κ1) is 17.0. The van der Waals surface area contributed by atoms with Crippen molar-refractivity contribution in [3.63, 3.8) is 0 Å². The van der Waals surface area contributed by atoms with Gasteiger partial charge in [0.15, 0.2) is 0 Å². The number of fused-ring (bicyclic) bond motifs is 7. The Morgan fingerprint density at radius 3 is 1.97 bits per heavy atom. The van der Waals surface area contributed by atoms with Crippen LogP contribution in [0.4, 0.5) is 0 Å². The Balaban J connectivity index is 1.71. The molecule has 1 heterocycles. The number of halogens is 1. The molecule has 0 aliphatic heterocycles. The third-order valence-corrected chi connectivity index (χ3v) is 6.59. The first-order valence-electron chi connectivity index (χ1n) is 10.3. The van der Waals surface area contributed by atoms with Crippen molar-refractivity contribution < 1.29 is 0 Å². The van der Waals surface area contributed by atoms with E-state index in [2.05, 4.69) is 60.7 Å². The molecule has 0 radical (unpaired) electrons. The highest BCUT2D eigenvalue weighted by Gasteiger charge is 2.29. The standard InChI is InChI=1S/C27H20ClN/c28-20-13-9-19(10-14-20)27-26-22-8-4-2-5-17(22)11-15-23(26)25-21-7-3-1-6-18(21)12-16-24(25)29-27/h1-10,13-14H,11-12,15-16H2. The highest BCUT2D eigenvalue weighted by Crippen LogP contribution is 2.47. The number of rotatable bonds is 1. The molecule has 0 unspecified atom stereocenters. The average molecular weight is 394 g/mol. The zero-order valence-corrected chi connectivity index (χ0v) is 16.8. The lowest BCUT2D eigenvalue weighted by Gasteiger charge is -2.30. The maximum Gasteiger partial charge on any atom is 0.0786 e. The van der Waals surface area contributed by atoms with E-state index in [1.807, 2.05) is 12.1 Å². The van der Waals surface area contributed by atoms with Gasteiger partial charge in [0.1, 0.15) is 0 Å². The van der Waals surface area contributed by atoms with Gasteiger partial charge < -0.3 is 0 Å². The van der Waals surface area contributed by atoms with Crippen molar-refractivity contribution in [2.24, 2.45) is 0 Å². The molecule has 0 N–H and O–H groups in total. The SMILES string of the molecule is Clc1ccc(-c2nc3c(c4c2-c2ccccc2CC4)-c2ccccc2CC3)cc1. The molecular weight excluding hydrogens is 374 g/mol. The van der Waals surface area contributed by atoms with Crippen molar-refractivity contribution in [2.45, 2.75) is 25.7 Å². The largest absolute Gasteiger partial charge is 0.252 e. The van der Waals surface area contributed by atoms with Crippen molar-refractivity contribution in [3.8, 4) is 33.5 Å². The summed E-state index contributed by atoms with van der Waals surface area (Å²) in [6.07, 6.45) is 4.21. The van der Waals surface area contributed by atoms with Crippen molar-refractivity contribution in [3.05, 3.63) is 100 Å². The summed E-state index contributed by atoms with van der Waals surface area (Å²) < 4.78 is 0. The van der Waals surface area contributed by atoms with Gasteiger partial charge in [-0.15, -0.1) is 0 Å². The van der Waals surface area contributed by atoms with Crippen LogP contribution in [0, 0.1) is 0 Å². The lowest BCUT2D eigenvalue weighted by atomic mass is 9.76. The van der Waals surface area contributed by atoms with Gasteiger partial charge in [0.05, 0.1) is 5.69 Å². The second-order valence-electron chi connectivity index (χ2n) is 7.96. The van der Waals surface area contributed by atoms with E-state index in [9.17, 15) is 0 Å². The van der Waals surface area contributed by atoms with Crippen molar-refractivity contribution >= 4 is 11.6 Å². The molecule has 0 bridgehead atoms. The van der Waals surface area contributed by atoms with Gasteiger partial charge in [-0.05, 0) is 65.6 Å². The second-order valence-corrected chi connectivity index (χ2v) is 8.39. The molecule has 1 nitrogen and oxygen atoms in total. The minimum atomic E-state index is 0.759. The molecule has 2 heteroatoms. The lowest BCUT2D eigenvalue weighted by molar-refractivity contribution is 0.871. The molecule has 0 saturated heterocycles. The number of aromatic nitrogens is 1. The molecule has 2 aliphatic rings. The maximum atomic E-state index is 6.17. The summed E-state index contributed by atoms with van der Waals surface area (Å²) in [5, 5.41) is 0.759. The van der Waals surface area contributed by atoms with Crippen LogP contribution in [0.15, 0.2) is 72.8 Å². The van der Waals surface area contributed by atoms with Gasteiger partial charge in [-0.25, -0.2) is 0 Å². The number of hydrogen-bond donors (Lipinski definition) is 0. The molecule has 0 spiro atoms. The smallest absolute Gasteiger partial charge is 0.0786 e. The Morgan fingerprint density at radius 1 is 0.621 bits per heavy atom. The number of hydrogen-bond acceptors (Lipinski definition) is 1. The van der Waals surface area contributed by atoms with E-state index in [0.29, 0.717) is 0 Å². The molecule has 1 aromatic heterocycles. The highest BCUT2D eigenvalue weighted by molar-refractivity contribution is 6.30. The molecule has 0 atom stereocenters. The van der Waals surface area contributed by atoms with E-state index in [0.717, 1.165) is 42.0 Å². The van der Waals surface area contributed by atoms with Crippen LogP contribution in [-0.2, 0) is 25.7 Å². The van der Waals surface area contributed by atoms with E-state index < -0.39 is 0 Å². The van der Waals surface area contributed by atoms with E-state index in [4.69, 9.17) is 16.6 Å². The fraction of sp³-hybridized carbons (Fsp3) is 0.148. The summed E-state index contributed by atoms with van der Waals surface area (Å²) in [6, 6.07) is 25.8. The van der Waals surface area contributed by atoms with Gasteiger partial charge in [-0.2, -0.15) is 0 Å². The Morgan fingerprint density at radius 2 is 1.24 bits per heavy atom. The molecule has 0 fully saturated rings. The Labute approximate surface area is 176 Å². The molecular formula is C27H20ClN. The third kappa shape index (κ3) is 2.65. The van der Waals surface area contributed by atoms with E-state index in [1.54, 1.807) is 0 Å². The van der Waals surface area contributed by atoms with Crippen LogP contribution in [-0.4, -0.2) is 4.98 Å². The molecule has 0 amide bonds. The molecule has 3 aromatic carbocycles. The van der Waals surface area contributed by atoms with Gasteiger partial charge in [-0.1, -0.05) is 72.3 Å². The summed E-state index contributed by atoms with van der Waals surface area (Å²) in [7, 11) is 0. The van der Waals surface area contributed by atoms with Crippen molar-refractivity contribution in [1.29, 1.82) is 0 Å². The van der Waals surface area contributed by atoms with Gasteiger partial charge in [0.25, 0.3) is 0 Å². The summed E-state index contributed by atoms with van der Waals surface area (Å²) in [5.41, 5.74) is 13.2. The Hall–Kier alpha value is -2.90. The van der Waals surface area contributed by atoms with Crippen LogP contribution in [0.25, 0.3) is 33.5 Å².